The van der Waals surface area contributed by atoms with Gasteiger partial charge in [0.25, 0.3) is 0 Å². The van der Waals surface area contributed by atoms with Crippen LogP contribution in [0.5, 0.6) is 0 Å². The number of hydrogen-bond donors (Lipinski definition) is 1. The predicted octanol–water partition coefficient (Wildman–Crippen LogP) is 4.07. The Morgan fingerprint density at radius 2 is 2.11 bits per heavy atom. The van der Waals surface area contributed by atoms with Gasteiger partial charge in [-0.15, -0.1) is 11.8 Å². The summed E-state index contributed by atoms with van der Waals surface area (Å²) < 4.78 is 0. The van der Waals surface area contributed by atoms with E-state index in [4.69, 9.17) is 0 Å². The molecule has 1 aromatic rings. The minimum atomic E-state index is -0.432. The van der Waals surface area contributed by atoms with Gasteiger partial charge in [0.05, 0.1) is 6.07 Å². The van der Waals surface area contributed by atoms with Gasteiger partial charge >= 0.3 is 0 Å². The van der Waals surface area contributed by atoms with Gasteiger partial charge in [0.15, 0.2) is 0 Å². The van der Waals surface area contributed by atoms with Crippen LogP contribution in [0, 0.1) is 25.2 Å². The van der Waals surface area contributed by atoms with Gasteiger partial charge in [-0.3, -0.25) is 5.32 Å². The highest BCUT2D eigenvalue weighted by atomic mass is 32.2. The molecule has 0 bridgehead atoms. The summed E-state index contributed by atoms with van der Waals surface area (Å²) in [6.07, 6.45) is 0.843. The van der Waals surface area contributed by atoms with Crippen molar-refractivity contribution in [2.24, 2.45) is 0 Å². The normalized spacial score (nSPS) is 15.6. The highest BCUT2D eigenvalue weighted by Crippen LogP contribution is 2.31. The van der Waals surface area contributed by atoms with Crippen LogP contribution >= 0.6 is 11.8 Å². The summed E-state index contributed by atoms with van der Waals surface area (Å²) in [6, 6.07) is 8.93. The van der Waals surface area contributed by atoms with Gasteiger partial charge in [0.2, 0.25) is 0 Å². The summed E-state index contributed by atoms with van der Waals surface area (Å²) in [5.41, 5.74) is 2.17. The summed E-state index contributed by atoms with van der Waals surface area (Å²) in [6.45, 7) is 11.3. The molecule has 0 heterocycles. The van der Waals surface area contributed by atoms with Crippen molar-refractivity contribution in [3.05, 3.63) is 29.3 Å². The number of nitrogens with zero attached hydrogens (tertiary/aromatic N) is 1. The lowest BCUT2D eigenvalue weighted by Crippen LogP contribution is -2.42. The summed E-state index contributed by atoms with van der Waals surface area (Å²) >= 11 is 1.86. The van der Waals surface area contributed by atoms with Crippen LogP contribution in [-0.2, 0) is 0 Å². The van der Waals surface area contributed by atoms with Crippen LogP contribution in [-0.4, -0.2) is 17.3 Å². The molecule has 0 aliphatic carbocycles. The lowest BCUT2D eigenvalue weighted by Gasteiger charge is -2.26. The number of rotatable bonds is 6. The largest absolute Gasteiger partial charge is 0.300 e. The highest BCUT2D eigenvalue weighted by Gasteiger charge is 2.25. The number of thioether (sulfide) groups is 1. The first-order valence-corrected chi connectivity index (χ1v) is 7.68. The van der Waals surface area contributed by atoms with Crippen LogP contribution in [0.2, 0.25) is 0 Å². The van der Waals surface area contributed by atoms with Crippen LogP contribution in [0.15, 0.2) is 23.1 Å². The third kappa shape index (κ3) is 4.89. The second-order valence-corrected chi connectivity index (χ2v) is 6.86. The Kier molecular flexibility index (Phi) is 5.90. The summed E-state index contributed by atoms with van der Waals surface area (Å²) in [7, 11) is 0. The maximum Gasteiger partial charge on any atom is 0.104 e. The molecular weight excluding hydrogens is 252 g/mol. The Labute approximate surface area is 121 Å². The second-order valence-electron chi connectivity index (χ2n) is 5.38. The fourth-order valence-electron chi connectivity index (χ4n) is 2.22. The molecule has 2 atom stereocenters. The molecule has 0 aromatic heterocycles. The van der Waals surface area contributed by atoms with Crippen molar-refractivity contribution in [1.82, 2.24) is 5.32 Å². The van der Waals surface area contributed by atoms with Gasteiger partial charge in [-0.25, -0.2) is 0 Å². The fraction of sp³-hybridized carbons (Fsp3) is 0.562. The van der Waals surface area contributed by atoms with Gasteiger partial charge in [0, 0.05) is 10.1 Å². The monoisotopic (exact) mass is 276 g/mol. The maximum absolute atomic E-state index is 9.31. The van der Waals surface area contributed by atoms with Crippen molar-refractivity contribution >= 4 is 11.8 Å². The number of nitriles is 1. The third-order valence-corrected chi connectivity index (χ3v) is 4.44. The molecule has 0 saturated heterocycles. The maximum atomic E-state index is 9.31. The Morgan fingerprint density at radius 1 is 1.42 bits per heavy atom. The van der Waals surface area contributed by atoms with Crippen LogP contribution in [0.1, 0.15) is 38.3 Å². The molecule has 0 amide bonds. The van der Waals surface area contributed by atoms with Crippen LogP contribution < -0.4 is 5.32 Å². The molecule has 1 N–H and O–H groups in total. The van der Waals surface area contributed by atoms with E-state index in [0.29, 0.717) is 5.25 Å². The molecule has 0 saturated carbocycles. The van der Waals surface area contributed by atoms with E-state index < -0.39 is 5.54 Å². The van der Waals surface area contributed by atoms with Crippen molar-refractivity contribution < 1.29 is 0 Å². The van der Waals surface area contributed by atoms with Crippen LogP contribution in [0.4, 0.5) is 0 Å². The Morgan fingerprint density at radius 3 is 2.68 bits per heavy atom. The molecule has 0 radical (unpaired) electrons. The summed E-state index contributed by atoms with van der Waals surface area (Å²) in [5, 5.41) is 13.0. The standard InChI is InChI=1S/C16H24N2S/c1-6-18-16(5,11-17)10-14(4)19-15-9-12(2)7-8-13(15)3/h7-9,14,18H,6,10H2,1-5H3. The second kappa shape index (κ2) is 6.98. The van der Waals surface area contributed by atoms with Gasteiger partial charge in [-0.1, -0.05) is 31.5 Å². The molecule has 1 rings (SSSR count). The predicted molar refractivity (Wildman–Crippen MR) is 83.5 cm³/mol. The molecular formula is C16H24N2S. The number of aryl methyl sites for hydroxylation is 2. The minimum absolute atomic E-state index is 0.407. The van der Waals surface area contributed by atoms with Gasteiger partial charge in [-0.2, -0.15) is 5.26 Å². The van der Waals surface area contributed by atoms with E-state index in [0.717, 1.165) is 13.0 Å². The first-order valence-electron chi connectivity index (χ1n) is 6.80. The Hall–Kier alpha value is -0.980. The molecule has 2 unspecified atom stereocenters. The SMILES string of the molecule is CCNC(C)(C#N)CC(C)Sc1cc(C)ccc1C. The first-order chi connectivity index (χ1) is 8.90. The van der Waals surface area contributed by atoms with Crippen molar-refractivity contribution in [2.45, 2.75) is 56.7 Å². The highest BCUT2D eigenvalue weighted by molar-refractivity contribution is 8.00. The van der Waals surface area contributed by atoms with E-state index in [9.17, 15) is 5.26 Å². The topological polar surface area (TPSA) is 35.8 Å². The summed E-state index contributed by atoms with van der Waals surface area (Å²) in [4.78, 5) is 1.32. The molecule has 3 heteroatoms. The fourth-order valence-corrected chi connectivity index (χ4v) is 3.57. The van der Waals surface area contributed by atoms with Crippen molar-refractivity contribution in [1.29, 1.82) is 5.26 Å². The van der Waals surface area contributed by atoms with E-state index in [-0.39, 0.29) is 0 Å². The quantitative estimate of drug-likeness (QED) is 0.796. The molecule has 19 heavy (non-hydrogen) atoms. The number of nitrogens with one attached hydrogen (secondary N) is 1. The first kappa shape index (κ1) is 16.1. The average Bonchev–Trinajstić information content (AvgIpc) is 2.34. The average molecular weight is 276 g/mol. The zero-order valence-corrected chi connectivity index (χ0v) is 13.4. The number of benzene rings is 1. The zero-order valence-electron chi connectivity index (χ0n) is 12.6. The van der Waals surface area contributed by atoms with Gasteiger partial charge in [0.1, 0.15) is 5.54 Å². The molecule has 0 aliphatic rings. The summed E-state index contributed by atoms with van der Waals surface area (Å²) in [5.74, 6) is 0. The van der Waals surface area contributed by atoms with Gasteiger partial charge < -0.3 is 0 Å². The van der Waals surface area contributed by atoms with E-state index >= 15 is 0 Å². The van der Waals surface area contributed by atoms with Crippen LogP contribution in [0.3, 0.4) is 0 Å². The molecule has 0 fully saturated rings. The van der Waals surface area contributed by atoms with Crippen molar-refractivity contribution in [3.63, 3.8) is 0 Å². The molecule has 1 aromatic carbocycles. The molecule has 0 aliphatic heterocycles. The van der Waals surface area contributed by atoms with E-state index in [1.807, 2.05) is 25.6 Å². The molecule has 104 valence electrons. The third-order valence-electron chi connectivity index (χ3n) is 3.18. The van der Waals surface area contributed by atoms with Gasteiger partial charge in [-0.05, 0) is 45.4 Å². The zero-order chi connectivity index (χ0) is 14.5. The lowest BCUT2D eigenvalue weighted by atomic mass is 9.98. The van der Waals surface area contributed by atoms with E-state index in [2.05, 4.69) is 50.4 Å². The van der Waals surface area contributed by atoms with E-state index in [1.165, 1.54) is 16.0 Å². The van der Waals surface area contributed by atoms with Crippen molar-refractivity contribution in [3.8, 4) is 6.07 Å². The van der Waals surface area contributed by atoms with Crippen molar-refractivity contribution in [2.75, 3.05) is 6.54 Å². The number of hydrogen-bond acceptors (Lipinski definition) is 3. The molecule has 2 nitrogen and oxygen atoms in total. The molecule has 0 spiro atoms. The van der Waals surface area contributed by atoms with E-state index in [1.54, 1.807) is 0 Å². The Balaban J connectivity index is 2.72. The Bertz CT molecular complexity index is 464. The lowest BCUT2D eigenvalue weighted by molar-refractivity contribution is 0.429. The minimum Gasteiger partial charge on any atom is -0.300 e. The van der Waals surface area contributed by atoms with Crippen LogP contribution in [0.25, 0.3) is 0 Å². The smallest absolute Gasteiger partial charge is 0.104 e.